The van der Waals surface area contributed by atoms with Crippen LogP contribution in [0.4, 0.5) is 5.69 Å². The molecule has 7 nitrogen and oxygen atoms in total. The summed E-state index contributed by atoms with van der Waals surface area (Å²) in [6.07, 6.45) is 4.66. The van der Waals surface area contributed by atoms with Crippen molar-refractivity contribution in [2.75, 3.05) is 31.1 Å². The molecular formula is C18H26N6OS. The highest BCUT2D eigenvalue weighted by molar-refractivity contribution is 7.11. The number of guanidine groups is 1. The van der Waals surface area contributed by atoms with Gasteiger partial charge in [-0.1, -0.05) is 6.92 Å². The van der Waals surface area contributed by atoms with Crippen molar-refractivity contribution >= 4 is 28.9 Å². The Bertz CT molecular complexity index is 780. The van der Waals surface area contributed by atoms with E-state index in [1.807, 2.05) is 25.1 Å². The van der Waals surface area contributed by atoms with Crippen molar-refractivity contribution in [2.24, 2.45) is 12.0 Å². The number of nitrogens with zero attached hydrogens (tertiary/aromatic N) is 5. The third kappa shape index (κ3) is 4.24. The Morgan fingerprint density at radius 1 is 1.31 bits per heavy atom. The summed E-state index contributed by atoms with van der Waals surface area (Å²) in [7, 11) is 1.86. The molecule has 1 aliphatic heterocycles. The molecule has 26 heavy (non-hydrogen) atoms. The molecule has 0 atom stereocenters. The van der Waals surface area contributed by atoms with Gasteiger partial charge in [0.2, 0.25) is 5.91 Å². The average molecular weight is 375 g/mol. The highest BCUT2D eigenvalue weighted by Crippen LogP contribution is 2.19. The first-order valence-electron chi connectivity index (χ1n) is 9.00. The highest BCUT2D eigenvalue weighted by atomic mass is 32.1. The van der Waals surface area contributed by atoms with Crippen molar-refractivity contribution in [3.8, 4) is 0 Å². The lowest BCUT2D eigenvalue weighted by molar-refractivity contribution is -0.120. The van der Waals surface area contributed by atoms with Gasteiger partial charge in [-0.05, 0) is 25.5 Å². The number of hydrogen-bond donors (Lipinski definition) is 1. The molecule has 0 radical (unpaired) electrons. The van der Waals surface area contributed by atoms with Gasteiger partial charge in [0.25, 0.3) is 0 Å². The second-order valence-electron chi connectivity index (χ2n) is 6.23. The molecule has 2 aromatic rings. The van der Waals surface area contributed by atoms with Gasteiger partial charge in [-0.3, -0.25) is 9.48 Å². The Balaban J connectivity index is 1.66. The standard InChI is InChI=1S/C18H26N6OS/c1-4-15-6-7-16(26-15)11-20-18(19-5-2)23-8-9-24(17(25)13-23)14-10-21-22(3)12-14/h6-7,10,12H,4-5,8-9,11,13H2,1-3H3,(H,19,20). The molecule has 1 N–H and O–H groups in total. The molecule has 1 saturated heterocycles. The SMILES string of the molecule is CCNC(=NCc1ccc(CC)s1)N1CCN(c2cnn(C)c2)C(=O)C1. The number of amides is 1. The first-order valence-corrected chi connectivity index (χ1v) is 9.82. The van der Waals surface area contributed by atoms with E-state index in [2.05, 4.69) is 29.5 Å². The van der Waals surface area contributed by atoms with Crippen LogP contribution in [0.1, 0.15) is 23.6 Å². The molecule has 3 heterocycles. The fraction of sp³-hybridized carbons (Fsp3) is 0.500. The predicted octanol–water partition coefficient (Wildman–Crippen LogP) is 1.86. The van der Waals surface area contributed by atoms with E-state index in [1.54, 1.807) is 27.1 Å². The molecule has 2 aromatic heterocycles. The normalized spacial score (nSPS) is 15.7. The zero-order chi connectivity index (χ0) is 18.5. The van der Waals surface area contributed by atoms with Crippen LogP contribution >= 0.6 is 11.3 Å². The number of carbonyl (C=O) groups is 1. The van der Waals surface area contributed by atoms with Crippen LogP contribution in [0.25, 0.3) is 0 Å². The average Bonchev–Trinajstić information content (AvgIpc) is 3.27. The van der Waals surface area contributed by atoms with Crippen molar-refractivity contribution < 1.29 is 4.79 Å². The molecule has 140 valence electrons. The molecule has 1 fully saturated rings. The van der Waals surface area contributed by atoms with Crippen molar-refractivity contribution in [3.05, 3.63) is 34.3 Å². The van der Waals surface area contributed by atoms with E-state index < -0.39 is 0 Å². The van der Waals surface area contributed by atoms with Crippen LogP contribution in [0.5, 0.6) is 0 Å². The lowest BCUT2D eigenvalue weighted by Gasteiger charge is -2.35. The van der Waals surface area contributed by atoms with Gasteiger partial charge in [-0.15, -0.1) is 11.3 Å². The van der Waals surface area contributed by atoms with Crippen LogP contribution in [-0.2, 0) is 24.8 Å². The molecule has 0 spiro atoms. The zero-order valence-corrected chi connectivity index (χ0v) is 16.4. The molecule has 0 saturated carbocycles. The van der Waals surface area contributed by atoms with Crippen molar-refractivity contribution in [3.63, 3.8) is 0 Å². The van der Waals surface area contributed by atoms with Gasteiger partial charge >= 0.3 is 0 Å². The molecule has 0 bridgehead atoms. The molecular weight excluding hydrogens is 348 g/mol. The van der Waals surface area contributed by atoms with Crippen molar-refractivity contribution in [2.45, 2.75) is 26.8 Å². The Labute approximate surface area is 158 Å². The number of carbonyl (C=O) groups excluding carboxylic acids is 1. The summed E-state index contributed by atoms with van der Waals surface area (Å²) < 4.78 is 1.71. The third-order valence-electron chi connectivity index (χ3n) is 4.31. The van der Waals surface area contributed by atoms with Gasteiger partial charge in [0, 0.05) is 42.6 Å². The van der Waals surface area contributed by atoms with E-state index in [0.29, 0.717) is 19.6 Å². The number of anilines is 1. The summed E-state index contributed by atoms with van der Waals surface area (Å²) in [4.78, 5) is 23.8. The minimum absolute atomic E-state index is 0.0687. The monoisotopic (exact) mass is 374 g/mol. The Morgan fingerprint density at radius 3 is 2.73 bits per heavy atom. The maximum atomic E-state index is 12.6. The van der Waals surface area contributed by atoms with Gasteiger partial charge in [0.15, 0.2) is 5.96 Å². The van der Waals surface area contributed by atoms with Crippen LogP contribution in [0.3, 0.4) is 0 Å². The summed E-state index contributed by atoms with van der Waals surface area (Å²) in [5.41, 5.74) is 0.852. The summed E-state index contributed by atoms with van der Waals surface area (Å²) >= 11 is 1.80. The minimum atomic E-state index is 0.0687. The second kappa shape index (κ2) is 8.35. The van der Waals surface area contributed by atoms with E-state index in [9.17, 15) is 4.79 Å². The summed E-state index contributed by atoms with van der Waals surface area (Å²) in [5.74, 6) is 0.873. The van der Waals surface area contributed by atoms with E-state index in [-0.39, 0.29) is 5.91 Å². The molecule has 1 aliphatic rings. The Morgan fingerprint density at radius 2 is 2.12 bits per heavy atom. The summed E-state index contributed by atoms with van der Waals surface area (Å²) in [6.45, 7) is 7.33. The maximum absolute atomic E-state index is 12.6. The van der Waals surface area contributed by atoms with Crippen LogP contribution in [0.2, 0.25) is 0 Å². The van der Waals surface area contributed by atoms with Crippen LogP contribution < -0.4 is 10.2 Å². The number of aliphatic imine (C=N–C) groups is 1. The van der Waals surface area contributed by atoms with Crippen molar-refractivity contribution in [1.29, 1.82) is 0 Å². The topological polar surface area (TPSA) is 65.8 Å². The van der Waals surface area contributed by atoms with Gasteiger partial charge in [0.05, 0.1) is 18.4 Å². The predicted molar refractivity (Wildman–Crippen MR) is 106 cm³/mol. The van der Waals surface area contributed by atoms with Crippen LogP contribution in [0.15, 0.2) is 29.5 Å². The number of nitrogens with one attached hydrogen (secondary N) is 1. The number of aryl methyl sites for hydroxylation is 2. The van der Waals surface area contributed by atoms with Crippen LogP contribution in [-0.4, -0.2) is 52.7 Å². The molecule has 0 unspecified atom stereocenters. The van der Waals surface area contributed by atoms with E-state index >= 15 is 0 Å². The number of rotatable bonds is 5. The quantitative estimate of drug-likeness (QED) is 0.641. The molecule has 8 heteroatoms. The summed E-state index contributed by atoms with van der Waals surface area (Å²) in [6, 6.07) is 4.31. The molecule has 0 aromatic carbocycles. The van der Waals surface area contributed by atoms with E-state index in [0.717, 1.165) is 31.2 Å². The lowest BCUT2D eigenvalue weighted by Crippen LogP contribution is -2.55. The molecule has 1 amide bonds. The maximum Gasteiger partial charge on any atom is 0.246 e. The number of aromatic nitrogens is 2. The van der Waals surface area contributed by atoms with Gasteiger partial charge < -0.3 is 15.1 Å². The number of thiophene rings is 1. The minimum Gasteiger partial charge on any atom is -0.356 e. The lowest BCUT2D eigenvalue weighted by atomic mass is 10.3. The third-order valence-corrected chi connectivity index (χ3v) is 5.52. The molecule has 0 aliphatic carbocycles. The first kappa shape index (κ1) is 18.4. The zero-order valence-electron chi connectivity index (χ0n) is 15.6. The Kier molecular flexibility index (Phi) is 5.92. The van der Waals surface area contributed by atoms with E-state index in [4.69, 9.17) is 4.99 Å². The fourth-order valence-corrected chi connectivity index (χ4v) is 3.83. The summed E-state index contributed by atoms with van der Waals surface area (Å²) in [5, 5.41) is 7.47. The fourth-order valence-electron chi connectivity index (χ4n) is 2.95. The highest BCUT2D eigenvalue weighted by Gasteiger charge is 2.27. The first-order chi connectivity index (χ1) is 12.6. The smallest absolute Gasteiger partial charge is 0.246 e. The van der Waals surface area contributed by atoms with Gasteiger partial charge in [-0.2, -0.15) is 5.10 Å². The molecule has 3 rings (SSSR count). The van der Waals surface area contributed by atoms with Gasteiger partial charge in [0.1, 0.15) is 6.54 Å². The van der Waals surface area contributed by atoms with Crippen molar-refractivity contribution in [1.82, 2.24) is 20.0 Å². The van der Waals surface area contributed by atoms with E-state index in [1.165, 1.54) is 9.75 Å². The number of piperazine rings is 1. The Hall–Kier alpha value is -2.35. The van der Waals surface area contributed by atoms with Crippen LogP contribution in [0, 0.1) is 0 Å². The van der Waals surface area contributed by atoms with Gasteiger partial charge in [-0.25, -0.2) is 4.99 Å². The largest absolute Gasteiger partial charge is 0.356 e. The second-order valence-corrected chi connectivity index (χ2v) is 7.48. The number of hydrogen-bond acceptors (Lipinski definition) is 4.